The zero-order chi connectivity index (χ0) is 16.0. The van der Waals surface area contributed by atoms with Gasteiger partial charge in [-0.2, -0.15) is 5.10 Å². The topological polar surface area (TPSA) is 89.1 Å². The second kappa shape index (κ2) is 5.45. The van der Waals surface area contributed by atoms with Crippen LogP contribution in [0.2, 0.25) is 0 Å². The molecule has 4 rings (SSSR count). The molecule has 2 unspecified atom stereocenters. The molecule has 1 saturated carbocycles. The summed E-state index contributed by atoms with van der Waals surface area (Å²) in [7, 11) is 1.83. The summed E-state index contributed by atoms with van der Waals surface area (Å²) in [4.78, 5) is 14.5. The highest BCUT2D eigenvalue weighted by Crippen LogP contribution is 2.40. The Bertz CT molecular complexity index is 719. The van der Waals surface area contributed by atoms with Crippen LogP contribution in [-0.4, -0.2) is 42.3 Å². The van der Waals surface area contributed by atoms with Crippen LogP contribution in [0.15, 0.2) is 18.5 Å². The molecule has 2 atom stereocenters. The minimum atomic E-state index is -0.561. The lowest BCUT2D eigenvalue weighted by Crippen LogP contribution is -2.42. The van der Waals surface area contributed by atoms with Crippen molar-refractivity contribution in [3.63, 3.8) is 0 Å². The van der Waals surface area contributed by atoms with Gasteiger partial charge >= 0.3 is 0 Å². The quantitative estimate of drug-likeness (QED) is 0.902. The highest BCUT2D eigenvalue weighted by atomic mass is 16.3. The predicted molar refractivity (Wildman–Crippen MR) is 81.5 cm³/mol. The first-order chi connectivity index (χ1) is 11.1. The van der Waals surface area contributed by atoms with E-state index < -0.39 is 6.10 Å². The van der Waals surface area contributed by atoms with E-state index in [1.54, 1.807) is 20.5 Å². The Morgan fingerprint density at radius 2 is 2.17 bits per heavy atom. The monoisotopic (exact) mass is 316 g/mol. The number of carbonyl (C=O) groups excluding carboxylic acids is 1. The highest BCUT2D eigenvalue weighted by molar-refractivity contribution is 5.95. The van der Waals surface area contributed by atoms with Crippen LogP contribution < -0.4 is 4.90 Å². The first-order valence-electron chi connectivity index (χ1n) is 8.04. The van der Waals surface area contributed by atoms with Gasteiger partial charge in [0.15, 0.2) is 5.82 Å². The number of aliphatic hydroxyl groups excluding tert-OH is 1. The Labute approximate surface area is 133 Å². The van der Waals surface area contributed by atoms with E-state index in [9.17, 15) is 9.90 Å². The second-order valence-electron chi connectivity index (χ2n) is 6.40. The van der Waals surface area contributed by atoms with Gasteiger partial charge in [0, 0.05) is 25.9 Å². The van der Waals surface area contributed by atoms with Gasteiger partial charge < -0.3 is 5.11 Å². The molecule has 0 bridgehead atoms. The van der Waals surface area contributed by atoms with Gasteiger partial charge in [-0.1, -0.05) is 5.21 Å². The van der Waals surface area contributed by atoms with Gasteiger partial charge in [-0.25, -0.2) is 4.68 Å². The number of nitrogens with zero attached hydrogens (tertiary/aromatic N) is 6. The van der Waals surface area contributed by atoms with Crippen molar-refractivity contribution < 1.29 is 9.90 Å². The lowest BCUT2D eigenvalue weighted by Gasteiger charge is -2.30. The van der Waals surface area contributed by atoms with Gasteiger partial charge in [0.2, 0.25) is 0 Å². The maximum atomic E-state index is 12.8. The summed E-state index contributed by atoms with van der Waals surface area (Å²) in [5.41, 5.74) is 0.565. The Morgan fingerprint density at radius 3 is 2.87 bits per heavy atom. The van der Waals surface area contributed by atoms with Crippen LogP contribution in [0.5, 0.6) is 0 Å². The smallest absolute Gasteiger partial charge is 0.253 e. The van der Waals surface area contributed by atoms with Crippen LogP contribution in [0.4, 0.5) is 5.82 Å². The molecular formula is C15H20N6O2. The third-order valence-electron chi connectivity index (χ3n) is 4.61. The summed E-state index contributed by atoms with van der Waals surface area (Å²) in [6.45, 7) is 0.665. The number of carbonyl (C=O) groups is 1. The number of amides is 1. The number of hydrogen-bond acceptors (Lipinski definition) is 5. The predicted octanol–water partition coefficient (Wildman–Crippen LogP) is 0.823. The molecule has 3 heterocycles. The molecule has 0 aromatic carbocycles. The SMILES string of the molecule is Cn1ccc(N2CCCC(n3cc(C(O)C4CC4)nn3)C2=O)n1. The number of hydrogen-bond donors (Lipinski definition) is 1. The van der Waals surface area contributed by atoms with E-state index >= 15 is 0 Å². The lowest BCUT2D eigenvalue weighted by atomic mass is 10.0. The van der Waals surface area contributed by atoms with Gasteiger partial charge in [-0.05, 0) is 31.6 Å². The Kier molecular flexibility index (Phi) is 3.41. The molecule has 1 N–H and O–H groups in total. The molecule has 2 aromatic rings. The molecule has 1 saturated heterocycles. The zero-order valence-electron chi connectivity index (χ0n) is 13.0. The van der Waals surface area contributed by atoms with Crippen molar-refractivity contribution in [1.82, 2.24) is 24.8 Å². The van der Waals surface area contributed by atoms with Crippen molar-refractivity contribution in [3.05, 3.63) is 24.2 Å². The number of aryl methyl sites for hydroxylation is 1. The average Bonchev–Trinajstić information content (AvgIpc) is 3.12. The second-order valence-corrected chi connectivity index (χ2v) is 6.40. The fourth-order valence-corrected chi connectivity index (χ4v) is 3.11. The molecule has 8 heteroatoms. The summed E-state index contributed by atoms with van der Waals surface area (Å²) in [6, 6.07) is 1.46. The van der Waals surface area contributed by atoms with Crippen molar-refractivity contribution in [2.24, 2.45) is 13.0 Å². The van der Waals surface area contributed by atoms with Crippen LogP contribution >= 0.6 is 0 Å². The maximum absolute atomic E-state index is 12.8. The molecule has 23 heavy (non-hydrogen) atoms. The summed E-state index contributed by atoms with van der Waals surface area (Å²) in [5, 5.41) is 22.6. The molecule has 8 nitrogen and oxygen atoms in total. The molecule has 0 radical (unpaired) electrons. The molecule has 1 aliphatic heterocycles. The summed E-state index contributed by atoms with van der Waals surface area (Å²) >= 11 is 0. The number of piperidine rings is 1. The van der Waals surface area contributed by atoms with Crippen molar-refractivity contribution in [3.8, 4) is 0 Å². The Morgan fingerprint density at radius 1 is 1.35 bits per heavy atom. The zero-order valence-corrected chi connectivity index (χ0v) is 13.0. The van der Waals surface area contributed by atoms with E-state index in [1.807, 2.05) is 19.3 Å². The van der Waals surface area contributed by atoms with Crippen molar-refractivity contribution in [2.45, 2.75) is 37.8 Å². The fraction of sp³-hybridized carbons (Fsp3) is 0.600. The molecular weight excluding hydrogens is 296 g/mol. The fourth-order valence-electron chi connectivity index (χ4n) is 3.11. The average molecular weight is 316 g/mol. The molecule has 2 aromatic heterocycles. The normalized spacial score (nSPS) is 23.3. The van der Waals surface area contributed by atoms with Crippen LogP contribution in [0.3, 0.4) is 0 Å². The first-order valence-corrected chi connectivity index (χ1v) is 8.04. The molecule has 0 spiro atoms. The van der Waals surface area contributed by atoms with Crippen LogP contribution in [-0.2, 0) is 11.8 Å². The van der Waals surface area contributed by atoms with Gasteiger partial charge in [-0.15, -0.1) is 5.10 Å². The Balaban J connectivity index is 1.55. The van der Waals surface area contributed by atoms with Crippen molar-refractivity contribution >= 4 is 11.7 Å². The largest absolute Gasteiger partial charge is 0.386 e. The summed E-state index contributed by atoms with van der Waals surface area (Å²) in [5.74, 6) is 0.945. The standard InChI is InChI=1S/C15H20N6O2/c1-19-8-6-13(17-19)20-7-2-3-12(15(20)23)21-9-11(16-18-21)14(22)10-4-5-10/h6,8-10,12,14,22H,2-5,7H2,1H3. The van der Waals surface area contributed by atoms with Crippen LogP contribution in [0, 0.1) is 5.92 Å². The Hall–Kier alpha value is -2.22. The van der Waals surface area contributed by atoms with E-state index in [2.05, 4.69) is 15.4 Å². The van der Waals surface area contributed by atoms with E-state index in [0.717, 1.165) is 25.7 Å². The number of aromatic nitrogens is 5. The lowest BCUT2D eigenvalue weighted by molar-refractivity contribution is -0.123. The number of anilines is 1. The van der Waals surface area contributed by atoms with Crippen LogP contribution in [0.1, 0.15) is 43.5 Å². The molecule has 2 fully saturated rings. The van der Waals surface area contributed by atoms with Crippen molar-refractivity contribution in [1.29, 1.82) is 0 Å². The van der Waals surface area contributed by atoms with E-state index in [-0.39, 0.29) is 11.9 Å². The minimum Gasteiger partial charge on any atom is -0.386 e. The summed E-state index contributed by atoms with van der Waals surface area (Å²) in [6.07, 6.45) is 6.65. The van der Waals surface area contributed by atoms with Gasteiger partial charge in [-0.3, -0.25) is 14.4 Å². The van der Waals surface area contributed by atoms with Gasteiger partial charge in [0.05, 0.1) is 6.20 Å². The van der Waals surface area contributed by atoms with E-state index in [1.165, 1.54) is 0 Å². The maximum Gasteiger partial charge on any atom is 0.253 e. The first kappa shape index (κ1) is 14.4. The number of rotatable bonds is 4. The van der Waals surface area contributed by atoms with Gasteiger partial charge in [0.1, 0.15) is 17.8 Å². The molecule has 122 valence electrons. The van der Waals surface area contributed by atoms with E-state index in [0.29, 0.717) is 24.0 Å². The summed E-state index contributed by atoms with van der Waals surface area (Å²) < 4.78 is 3.28. The molecule has 2 aliphatic rings. The molecule has 1 amide bonds. The minimum absolute atomic E-state index is 0.0210. The third-order valence-corrected chi connectivity index (χ3v) is 4.61. The number of aliphatic hydroxyl groups is 1. The van der Waals surface area contributed by atoms with Crippen LogP contribution in [0.25, 0.3) is 0 Å². The van der Waals surface area contributed by atoms with Crippen molar-refractivity contribution in [2.75, 3.05) is 11.4 Å². The molecule has 1 aliphatic carbocycles. The van der Waals surface area contributed by atoms with Gasteiger partial charge in [0.25, 0.3) is 5.91 Å². The third kappa shape index (κ3) is 2.63. The highest BCUT2D eigenvalue weighted by Gasteiger charge is 2.35. The van der Waals surface area contributed by atoms with E-state index in [4.69, 9.17) is 0 Å².